The summed E-state index contributed by atoms with van der Waals surface area (Å²) in [7, 11) is -4.33. The number of aliphatic hydroxyl groups excluding tert-OH is 1. The molecule has 1 aliphatic carbocycles. The zero-order valence-electron chi connectivity index (χ0n) is 10.7. The fraction of sp³-hybridized carbons (Fsp3) is 0.500. The Morgan fingerprint density at radius 2 is 1.95 bits per heavy atom. The Morgan fingerprint density at radius 1 is 1.33 bits per heavy atom. The molecule has 1 saturated carbocycles. The predicted molar refractivity (Wildman–Crippen MR) is 70.4 cm³/mol. The van der Waals surface area contributed by atoms with Crippen molar-refractivity contribution in [3.8, 4) is 0 Å². The lowest BCUT2D eigenvalue weighted by Gasteiger charge is -2.16. The molecule has 0 radical (unpaired) electrons. The summed E-state index contributed by atoms with van der Waals surface area (Å²) in [4.78, 5) is -0.867. The molecule has 21 heavy (non-hydrogen) atoms. The van der Waals surface area contributed by atoms with Crippen molar-refractivity contribution in [2.45, 2.75) is 23.9 Å². The molecule has 2 N–H and O–H groups in total. The summed E-state index contributed by atoms with van der Waals surface area (Å²) < 4.78 is 65.0. The Hall–Kier alpha value is -0.830. The summed E-state index contributed by atoms with van der Waals surface area (Å²) in [6.07, 6.45) is -3.55. The second-order valence-electron chi connectivity index (χ2n) is 5.12. The minimum atomic E-state index is -4.83. The van der Waals surface area contributed by atoms with E-state index in [-0.39, 0.29) is 18.2 Å². The normalized spacial score (nSPS) is 17.8. The Balaban J connectivity index is 2.32. The van der Waals surface area contributed by atoms with Crippen molar-refractivity contribution in [2.24, 2.45) is 5.41 Å². The number of rotatable bonds is 5. The van der Waals surface area contributed by atoms with Crippen LogP contribution in [-0.4, -0.2) is 26.7 Å². The molecule has 1 aliphatic rings. The molecule has 4 nitrogen and oxygen atoms in total. The molecule has 1 aromatic carbocycles. The van der Waals surface area contributed by atoms with Gasteiger partial charge in [0.25, 0.3) is 0 Å². The minimum absolute atomic E-state index is 0.0915. The average Bonchev–Trinajstić information content (AvgIpc) is 3.16. The first-order valence-corrected chi connectivity index (χ1v) is 7.93. The van der Waals surface area contributed by atoms with Crippen LogP contribution in [0.25, 0.3) is 0 Å². The van der Waals surface area contributed by atoms with Crippen molar-refractivity contribution >= 4 is 21.6 Å². The van der Waals surface area contributed by atoms with Gasteiger partial charge in [-0.1, -0.05) is 11.6 Å². The Bertz CT molecular complexity index is 642. The summed E-state index contributed by atoms with van der Waals surface area (Å²) in [6.45, 7) is -0.298. The van der Waals surface area contributed by atoms with Gasteiger partial charge in [-0.2, -0.15) is 13.2 Å². The molecule has 0 heterocycles. The van der Waals surface area contributed by atoms with E-state index >= 15 is 0 Å². The molecule has 0 unspecified atom stereocenters. The van der Waals surface area contributed by atoms with E-state index in [4.69, 9.17) is 16.7 Å². The second kappa shape index (κ2) is 5.42. The Labute approximate surface area is 125 Å². The molecule has 0 bridgehead atoms. The number of hydrogen-bond acceptors (Lipinski definition) is 3. The topological polar surface area (TPSA) is 66.4 Å². The number of nitrogens with one attached hydrogen (secondary N) is 1. The first-order valence-electron chi connectivity index (χ1n) is 6.07. The van der Waals surface area contributed by atoms with E-state index < -0.39 is 32.1 Å². The lowest BCUT2D eigenvalue weighted by atomic mass is 10.1. The van der Waals surface area contributed by atoms with Crippen molar-refractivity contribution in [2.75, 3.05) is 13.2 Å². The number of alkyl halides is 3. The van der Waals surface area contributed by atoms with Gasteiger partial charge < -0.3 is 5.11 Å². The Morgan fingerprint density at radius 3 is 2.43 bits per heavy atom. The highest BCUT2D eigenvalue weighted by Gasteiger charge is 2.43. The molecule has 1 aromatic rings. The largest absolute Gasteiger partial charge is 0.417 e. The van der Waals surface area contributed by atoms with E-state index in [0.29, 0.717) is 18.9 Å². The van der Waals surface area contributed by atoms with Crippen LogP contribution in [-0.2, 0) is 16.2 Å². The summed E-state index contributed by atoms with van der Waals surface area (Å²) in [5, 5.41) is 8.91. The zero-order valence-corrected chi connectivity index (χ0v) is 12.3. The van der Waals surface area contributed by atoms with Gasteiger partial charge in [0.15, 0.2) is 0 Å². The highest BCUT2D eigenvalue weighted by atomic mass is 35.5. The summed E-state index contributed by atoms with van der Waals surface area (Å²) in [5.74, 6) is 0. The maximum atomic E-state index is 12.9. The van der Waals surface area contributed by atoms with Crippen LogP contribution in [0.1, 0.15) is 18.4 Å². The molecular formula is C12H13ClF3NO3S. The maximum Gasteiger partial charge on any atom is 0.417 e. The van der Waals surface area contributed by atoms with E-state index in [1.807, 2.05) is 0 Å². The molecule has 0 aliphatic heterocycles. The fourth-order valence-corrected chi connectivity index (χ4v) is 3.39. The first kappa shape index (κ1) is 16.5. The number of benzene rings is 1. The summed E-state index contributed by atoms with van der Waals surface area (Å²) >= 11 is 5.51. The lowest BCUT2D eigenvalue weighted by Crippen LogP contribution is -2.33. The van der Waals surface area contributed by atoms with Crippen LogP contribution >= 0.6 is 11.6 Å². The Kier molecular flexibility index (Phi) is 4.27. The van der Waals surface area contributed by atoms with Crippen molar-refractivity contribution in [1.82, 2.24) is 4.72 Å². The number of aliphatic hydroxyl groups is 1. The standard InChI is InChI=1S/C12H13ClF3NO3S/c13-8-1-2-10(9(5-8)12(14,15)16)21(19,20)17-6-11(7-18)3-4-11/h1-2,5,17-18H,3-4,6-7H2. The summed E-state index contributed by atoms with van der Waals surface area (Å²) in [5.41, 5.74) is -1.85. The van der Waals surface area contributed by atoms with Crippen LogP contribution in [0.2, 0.25) is 5.02 Å². The highest BCUT2D eigenvalue weighted by Crippen LogP contribution is 2.44. The zero-order chi connectivity index (χ0) is 15.9. The summed E-state index contributed by atoms with van der Waals surface area (Å²) in [6, 6.07) is 2.49. The van der Waals surface area contributed by atoms with E-state index in [2.05, 4.69) is 4.72 Å². The first-order chi connectivity index (χ1) is 9.60. The average molecular weight is 344 g/mol. The molecular weight excluding hydrogens is 331 g/mol. The van der Waals surface area contributed by atoms with Gasteiger partial charge in [-0.3, -0.25) is 0 Å². The van der Waals surface area contributed by atoms with Gasteiger partial charge in [-0.05, 0) is 31.0 Å². The van der Waals surface area contributed by atoms with Crippen LogP contribution in [0.4, 0.5) is 13.2 Å². The lowest BCUT2D eigenvalue weighted by molar-refractivity contribution is -0.139. The molecule has 1 fully saturated rings. The predicted octanol–water partition coefficient (Wildman–Crippen LogP) is 2.41. The third-order valence-corrected chi connectivity index (χ3v) is 5.16. The van der Waals surface area contributed by atoms with E-state index in [9.17, 15) is 21.6 Å². The molecule has 118 valence electrons. The third kappa shape index (κ3) is 3.68. The third-order valence-electron chi connectivity index (χ3n) is 3.47. The van der Waals surface area contributed by atoms with Gasteiger partial charge in [-0.15, -0.1) is 0 Å². The monoisotopic (exact) mass is 343 g/mol. The van der Waals surface area contributed by atoms with Gasteiger partial charge in [0.2, 0.25) is 10.0 Å². The van der Waals surface area contributed by atoms with Crippen LogP contribution in [0.3, 0.4) is 0 Å². The molecule has 9 heteroatoms. The van der Waals surface area contributed by atoms with Gasteiger partial charge in [0.05, 0.1) is 10.5 Å². The molecule has 0 saturated heterocycles. The number of sulfonamides is 1. The van der Waals surface area contributed by atoms with Crippen molar-refractivity contribution < 1.29 is 26.7 Å². The SMILES string of the molecule is O=S(=O)(NCC1(CO)CC1)c1ccc(Cl)cc1C(F)(F)F. The van der Waals surface area contributed by atoms with Crippen molar-refractivity contribution in [3.05, 3.63) is 28.8 Å². The van der Waals surface area contributed by atoms with Crippen molar-refractivity contribution in [1.29, 1.82) is 0 Å². The van der Waals surface area contributed by atoms with E-state index in [1.165, 1.54) is 0 Å². The van der Waals surface area contributed by atoms with Gasteiger partial charge in [0, 0.05) is 23.6 Å². The molecule has 0 atom stereocenters. The number of halogens is 4. The molecule has 0 amide bonds. The quantitative estimate of drug-likeness (QED) is 0.862. The van der Waals surface area contributed by atoms with Crippen molar-refractivity contribution in [3.63, 3.8) is 0 Å². The van der Waals surface area contributed by atoms with Gasteiger partial charge in [-0.25, -0.2) is 13.1 Å². The van der Waals surface area contributed by atoms with E-state index in [0.717, 1.165) is 12.1 Å². The van der Waals surface area contributed by atoms with Crippen LogP contribution in [0.5, 0.6) is 0 Å². The maximum absolute atomic E-state index is 12.9. The molecule has 2 rings (SSSR count). The second-order valence-corrected chi connectivity index (χ2v) is 7.29. The molecule has 0 spiro atoms. The molecule has 0 aromatic heterocycles. The van der Waals surface area contributed by atoms with E-state index in [1.54, 1.807) is 0 Å². The minimum Gasteiger partial charge on any atom is -0.396 e. The van der Waals surface area contributed by atoms with Crippen LogP contribution in [0, 0.1) is 5.41 Å². The smallest absolute Gasteiger partial charge is 0.396 e. The fourth-order valence-electron chi connectivity index (χ4n) is 1.85. The van der Waals surface area contributed by atoms with Gasteiger partial charge >= 0.3 is 6.18 Å². The highest BCUT2D eigenvalue weighted by molar-refractivity contribution is 7.89. The van der Waals surface area contributed by atoms with Gasteiger partial charge in [0.1, 0.15) is 0 Å². The number of hydrogen-bond donors (Lipinski definition) is 2. The van der Waals surface area contributed by atoms with Crippen LogP contribution in [0.15, 0.2) is 23.1 Å². The van der Waals surface area contributed by atoms with Crippen LogP contribution < -0.4 is 4.72 Å².